The Hall–Kier alpha value is -2.30. The summed E-state index contributed by atoms with van der Waals surface area (Å²) in [7, 11) is 3.07. The predicted octanol–water partition coefficient (Wildman–Crippen LogP) is 4.16. The summed E-state index contributed by atoms with van der Waals surface area (Å²) >= 11 is 0. The van der Waals surface area contributed by atoms with Crippen LogP contribution in [0, 0.1) is 17.3 Å². The number of carbonyl (C=O) groups is 2. The summed E-state index contributed by atoms with van der Waals surface area (Å²) in [5.41, 5.74) is 3.64. The minimum atomic E-state index is -0.639. The molecule has 1 fully saturated rings. The molecular formula is C25H33NO4. The van der Waals surface area contributed by atoms with Crippen molar-refractivity contribution < 1.29 is 19.1 Å². The SMILES string of the molecule is COC(=O)C(C)NC(=O)C1=CCC[C@H]2[C@@H]3CCc4cc(OC)ccc4[C@H]3CC[C@]12C. The van der Waals surface area contributed by atoms with E-state index in [-0.39, 0.29) is 11.3 Å². The number of rotatable bonds is 4. The van der Waals surface area contributed by atoms with Gasteiger partial charge in [0.25, 0.3) is 0 Å². The van der Waals surface area contributed by atoms with Crippen LogP contribution in [-0.4, -0.2) is 32.1 Å². The lowest BCUT2D eigenvalue weighted by Crippen LogP contribution is -2.49. The zero-order valence-corrected chi connectivity index (χ0v) is 18.5. The molecule has 0 aliphatic heterocycles. The molecule has 1 unspecified atom stereocenters. The molecule has 4 rings (SSSR count). The zero-order chi connectivity index (χ0) is 21.5. The van der Waals surface area contributed by atoms with Crippen LogP contribution >= 0.6 is 0 Å². The standard InChI is InChI=1S/C25H33NO4/c1-15(24(28)30-4)26-23(27)22-7-5-6-21-20-10-8-16-14-17(29-3)9-11-18(16)19(20)12-13-25(21,22)2/h7,9,11,14-15,19-21H,5-6,8,10,12-13H2,1-4H3,(H,26,27)/t15?,19-,20-,21+,25+/m1/s1. The first kappa shape index (κ1) is 21.0. The molecule has 1 aromatic carbocycles. The molecule has 0 radical (unpaired) electrons. The van der Waals surface area contributed by atoms with Gasteiger partial charge in [0.05, 0.1) is 14.2 Å². The lowest BCUT2D eigenvalue weighted by Gasteiger charge is -2.54. The Kier molecular flexibility index (Phi) is 5.65. The van der Waals surface area contributed by atoms with Crippen LogP contribution in [-0.2, 0) is 20.7 Å². The number of nitrogens with one attached hydrogen (secondary N) is 1. The van der Waals surface area contributed by atoms with Gasteiger partial charge in [-0.25, -0.2) is 4.79 Å². The van der Waals surface area contributed by atoms with E-state index in [9.17, 15) is 9.59 Å². The van der Waals surface area contributed by atoms with Gasteiger partial charge in [-0.3, -0.25) is 4.79 Å². The highest BCUT2D eigenvalue weighted by Crippen LogP contribution is 2.60. The maximum atomic E-state index is 13.1. The monoisotopic (exact) mass is 411 g/mol. The average Bonchev–Trinajstić information content (AvgIpc) is 2.76. The number of hydrogen-bond donors (Lipinski definition) is 1. The number of amides is 1. The largest absolute Gasteiger partial charge is 0.497 e. The van der Waals surface area contributed by atoms with E-state index in [1.165, 1.54) is 24.7 Å². The van der Waals surface area contributed by atoms with Crippen LogP contribution in [0.4, 0.5) is 0 Å². The van der Waals surface area contributed by atoms with E-state index < -0.39 is 12.0 Å². The summed E-state index contributed by atoms with van der Waals surface area (Å²) in [4.78, 5) is 24.9. The summed E-state index contributed by atoms with van der Waals surface area (Å²) in [5, 5.41) is 2.86. The maximum absolute atomic E-state index is 13.1. The molecule has 5 atom stereocenters. The van der Waals surface area contributed by atoms with E-state index in [4.69, 9.17) is 9.47 Å². The van der Waals surface area contributed by atoms with Gasteiger partial charge in [-0.2, -0.15) is 0 Å². The van der Waals surface area contributed by atoms with Gasteiger partial charge >= 0.3 is 5.97 Å². The first-order valence-electron chi connectivity index (χ1n) is 11.1. The summed E-state index contributed by atoms with van der Waals surface area (Å²) < 4.78 is 10.2. The fourth-order valence-corrected chi connectivity index (χ4v) is 6.38. The van der Waals surface area contributed by atoms with Crippen LogP contribution in [0.5, 0.6) is 5.75 Å². The van der Waals surface area contributed by atoms with Gasteiger partial charge in [-0.1, -0.05) is 19.1 Å². The van der Waals surface area contributed by atoms with Crippen LogP contribution in [0.25, 0.3) is 0 Å². The highest BCUT2D eigenvalue weighted by atomic mass is 16.5. The molecule has 5 nitrogen and oxygen atoms in total. The number of ether oxygens (including phenoxy) is 2. The maximum Gasteiger partial charge on any atom is 0.328 e. The molecule has 1 saturated carbocycles. The Morgan fingerprint density at radius 3 is 2.73 bits per heavy atom. The Morgan fingerprint density at radius 1 is 1.20 bits per heavy atom. The molecule has 0 bridgehead atoms. The predicted molar refractivity (Wildman–Crippen MR) is 115 cm³/mol. The molecule has 0 aromatic heterocycles. The molecule has 1 aromatic rings. The normalized spacial score (nSPS) is 30.7. The van der Waals surface area contributed by atoms with Gasteiger partial charge in [0.2, 0.25) is 5.91 Å². The second kappa shape index (κ2) is 8.09. The van der Waals surface area contributed by atoms with Crippen LogP contribution in [0.3, 0.4) is 0 Å². The highest BCUT2D eigenvalue weighted by Gasteiger charge is 2.52. The van der Waals surface area contributed by atoms with Crippen molar-refractivity contribution in [2.45, 2.75) is 64.3 Å². The lowest BCUT2D eigenvalue weighted by molar-refractivity contribution is -0.144. The van der Waals surface area contributed by atoms with Gasteiger partial charge in [0.1, 0.15) is 11.8 Å². The van der Waals surface area contributed by atoms with Crippen molar-refractivity contribution in [2.24, 2.45) is 17.3 Å². The average molecular weight is 412 g/mol. The fraction of sp³-hybridized carbons (Fsp3) is 0.600. The van der Waals surface area contributed by atoms with Gasteiger partial charge in [0, 0.05) is 11.0 Å². The number of hydrogen-bond acceptors (Lipinski definition) is 4. The van der Waals surface area contributed by atoms with Crippen molar-refractivity contribution in [2.75, 3.05) is 14.2 Å². The van der Waals surface area contributed by atoms with Gasteiger partial charge in [-0.15, -0.1) is 0 Å². The van der Waals surface area contributed by atoms with Gasteiger partial charge in [-0.05, 0) is 86.5 Å². The zero-order valence-electron chi connectivity index (χ0n) is 18.5. The molecular weight excluding hydrogens is 378 g/mol. The minimum Gasteiger partial charge on any atom is -0.497 e. The Bertz CT molecular complexity index is 876. The van der Waals surface area contributed by atoms with Crippen molar-refractivity contribution in [3.05, 3.63) is 41.0 Å². The lowest BCUT2D eigenvalue weighted by atomic mass is 9.50. The van der Waals surface area contributed by atoms with Crippen molar-refractivity contribution in [3.8, 4) is 5.75 Å². The van der Waals surface area contributed by atoms with Crippen molar-refractivity contribution in [1.82, 2.24) is 5.32 Å². The summed E-state index contributed by atoms with van der Waals surface area (Å²) in [5.74, 6) is 2.06. The topological polar surface area (TPSA) is 64.6 Å². The molecule has 30 heavy (non-hydrogen) atoms. The van der Waals surface area contributed by atoms with Crippen LogP contribution < -0.4 is 10.1 Å². The third-order valence-corrected chi connectivity index (χ3v) is 7.91. The number of methoxy groups -OCH3 is 2. The first-order chi connectivity index (χ1) is 14.4. The molecule has 1 N–H and O–H groups in total. The number of allylic oxidation sites excluding steroid dienone is 1. The second-order valence-corrected chi connectivity index (χ2v) is 9.35. The van der Waals surface area contributed by atoms with Crippen molar-refractivity contribution in [3.63, 3.8) is 0 Å². The smallest absolute Gasteiger partial charge is 0.328 e. The van der Waals surface area contributed by atoms with Gasteiger partial charge < -0.3 is 14.8 Å². The molecule has 0 spiro atoms. The van der Waals surface area contributed by atoms with Crippen molar-refractivity contribution >= 4 is 11.9 Å². The summed E-state index contributed by atoms with van der Waals surface area (Å²) in [6.45, 7) is 3.95. The Labute approximate surface area is 179 Å². The van der Waals surface area contributed by atoms with E-state index in [2.05, 4.69) is 36.5 Å². The first-order valence-corrected chi connectivity index (χ1v) is 11.1. The van der Waals surface area contributed by atoms with E-state index >= 15 is 0 Å². The summed E-state index contributed by atoms with van der Waals surface area (Å²) in [6.07, 6.45) is 8.49. The summed E-state index contributed by atoms with van der Waals surface area (Å²) in [6, 6.07) is 5.91. The second-order valence-electron chi connectivity index (χ2n) is 9.35. The van der Waals surface area contributed by atoms with E-state index in [0.717, 1.165) is 43.4 Å². The van der Waals surface area contributed by atoms with Gasteiger partial charge in [0.15, 0.2) is 0 Å². The molecule has 0 saturated heterocycles. The van der Waals surface area contributed by atoms with Crippen molar-refractivity contribution in [1.29, 1.82) is 0 Å². The quantitative estimate of drug-likeness (QED) is 0.756. The number of esters is 1. The number of carbonyl (C=O) groups excluding carboxylic acids is 2. The van der Waals surface area contributed by atoms with E-state index in [0.29, 0.717) is 17.8 Å². The van der Waals surface area contributed by atoms with Crippen LogP contribution in [0.15, 0.2) is 29.8 Å². The molecule has 0 heterocycles. The van der Waals surface area contributed by atoms with E-state index in [1.807, 2.05) is 0 Å². The molecule has 1 amide bonds. The van der Waals surface area contributed by atoms with Crippen LogP contribution in [0.1, 0.15) is 63.0 Å². The Morgan fingerprint density at radius 2 is 2.00 bits per heavy atom. The minimum absolute atomic E-state index is 0.112. The highest BCUT2D eigenvalue weighted by molar-refractivity contribution is 5.97. The van der Waals surface area contributed by atoms with Crippen LogP contribution in [0.2, 0.25) is 0 Å². The number of aryl methyl sites for hydroxylation is 1. The molecule has 3 aliphatic rings. The third-order valence-electron chi connectivity index (χ3n) is 7.91. The molecule has 5 heteroatoms. The number of benzene rings is 1. The molecule has 3 aliphatic carbocycles. The third kappa shape index (κ3) is 3.42. The molecule has 162 valence electrons. The van der Waals surface area contributed by atoms with E-state index in [1.54, 1.807) is 14.0 Å². The fourth-order valence-electron chi connectivity index (χ4n) is 6.38. The Balaban J connectivity index is 1.57. The number of fused-ring (bicyclic) bond motifs is 5.